The van der Waals surface area contributed by atoms with Crippen LogP contribution in [-0.4, -0.2) is 29.3 Å². The van der Waals surface area contributed by atoms with E-state index < -0.39 is 0 Å². The van der Waals surface area contributed by atoms with Crippen LogP contribution in [0.15, 0.2) is 37.1 Å². The second-order valence-electron chi connectivity index (χ2n) is 5.58. The zero-order valence-corrected chi connectivity index (χ0v) is 13.1. The molecular weight excluding hydrogens is 276 g/mol. The van der Waals surface area contributed by atoms with Crippen molar-refractivity contribution >= 4 is 0 Å². The van der Waals surface area contributed by atoms with Gasteiger partial charge in [0.15, 0.2) is 5.82 Å². The number of nitrogens with one attached hydrogen (secondary N) is 1. The maximum atomic E-state index is 4.49. The molecule has 22 heavy (non-hydrogen) atoms. The summed E-state index contributed by atoms with van der Waals surface area (Å²) < 4.78 is 4.10. The monoisotopic (exact) mass is 298 g/mol. The van der Waals surface area contributed by atoms with Gasteiger partial charge in [0.1, 0.15) is 11.5 Å². The van der Waals surface area contributed by atoms with Gasteiger partial charge in [-0.3, -0.25) is 4.68 Å². The minimum atomic E-state index is 0.264. The zero-order chi connectivity index (χ0) is 15.4. The van der Waals surface area contributed by atoms with Gasteiger partial charge >= 0.3 is 0 Å². The molecule has 3 aromatic rings. The minimum Gasteiger partial charge on any atom is -0.339 e. The van der Waals surface area contributed by atoms with Crippen LogP contribution in [0.25, 0.3) is 11.5 Å². The van der Waals surface area contributed by atoms with Gasteiger partial charge in [0, 0.05) is 31.2 Å². The van der Waals surface area contributed by atoms with Gasteiger partial charge < -0.3 is 9.55 Å². The second kappa shape index (κ2) is 6.60. The van der Waals surface area contributed by atoms with E-state index in [1.165, 1.54) is 6.42 Å². The van der Waals surface area contributed by atoms with Crippen molar-refractivity contribution in [1.29, 1.82) is 0 Å². The molecule has 3 aromatic heterocycles. The summed E-state index contributed by atoms with van der Waals surface area (Å²) in [6.07, 6.45) is 12.8. The summed E-state index contributed by atoms with van der Waals surface area (Å²) in [6.45, 7) is 5.17. The first-order valence-corrected chi connectivity index (χ1v) is 7.82. The lowest BCUT2D eigenvalue weighted by molar-refractivity contribution is 0.440. The molecular formula is C16H22N6. The Hall–Kier alpha value is -2.37. The van der Waals surface area contributed by atoms with Gasteiger partial charge in [0.05, 0.1) is 18.8 Å². The number of rotatable bonds is 7. The minimum absolute atomic E-state index is 0.264. The van der Waals surface area contributed by atoms with E-state index in [0.717, 1.165) is 36.7 Å². The molecule has 0 fully saturated rings. The van der Waals surface area contributed by atoms with Crippen molar-refractivity contribution in [2.24, 2.45) is 0 Å². The third-order valence-corrected chi connectivity index (χ3v) is 3.79. The van der Waals surface area contributed by atoms with Crippen molar-refractivity contribution in [2.75, 3.05) is 0 Å². The Morgan fingerprint density at radius 3 is 2.91 bits per heavy atom. The number of aryl methyl sites for hydroxylation is 1. The molecule has 0 saturated heterocycles. The Labute approximate surface area is 130 Å². The summed E-state index contributed by atoms with van der Waals surface area (Å²) in [4.78, 5) is 12.3. The molecule has 0 amide bonds. The highest BCUT2D eigenvalue weighted by Gasteiger charge is 2.14. The molecule has 0 aromatic carbocycles. The molecule has 0 unspecified atom stereocenters. The van der Waals surface area contributed by atoms with Crippen LogP contribution in [0.2, 0.25) is 0 Å². The average Bonchev–Trinajstić information content (AvgIpc) is 3.25. The number of aromatic nitrogens is 6. The summed E-state index contributed by atoms with van der Waals surface area (Å²) in [5.41, 5.74) is 0.975. The molecule has 1 atom stereocenters. The van der Waals surface area contributed by atoms with Crippen LogP contribution in [0.1, 0.15) is 38.6 Å². The Balaban J connectivity index is 1.77. The maximum Gasteiger partial charge on any atom is 0.158 e. The first kappa shape index (κ1) is 14.6. The normalized spacial score (nSPS) is 12.6. The van der Waals surface area contributed by atoms with Crippen molar-refractivity contribution in [1.82, 2.24) is 29.3 Å². The highest BCUT2D eigenvalue weighted by Crippen LogP contribution is 2.20. The number of nitrogens with zero attached hydrogens (tertiary/aromatic N) is 5. The fourth-order valence-electron chi connectivity index (χ4n) is 2.59. The number of hydrogen-bond donors (Lipinski definition) is 1. The zero-order valence-electron chi connectivity index (χ0n) is 13.1. The molecule has 0 aliphatic heterocycles. The van der Waals surface area contributed by atoms with E-state index in [1.807, 2.05) is 35.5 Å². The van der Waals surface area contributed by atoms with Gasteiger partial charge in [-0.05, 0) is 19.4 Å². The van der Waals surface area contributed by atoms with Gasteiger partial charge in [-0.25, -0.2) is 9.97 Å². The lowest BCUT2D eigenvalue weighted by Crippen LogP contribution is -2.14. The highest BCUT2D eigenvalue weighted by molar-refractivity contribution is 5.49. The van der Waals surface area contributed by atoms with Gasteiger partial charge in [0.25, 0.3) is 0 Å². The van der Waals surface area contributed by atoms with Gasteiger partial charge in [-0.2, -0.15) is 5.10 Å². The fraction of sp³-hybridized carbons (Fsp3) is 0.438. The van der Waals surface area contributed by atoms with Crippen LogP contribution in [0, 0.1) is 0 Å². The van der Waals surface area contributed by atoms with Crippen LogP contribution >= 0.6 is 0 Å². The Kier molecular flexibility index (Phi) is 4.37. The lowest BCUT2D eigenvalue weighted by Gasteiger charge is -2.15. The molecule has 6 nitrogen and oxygen atoms in total. The van der Waals surface area contributed by atoms with Crippen LogP contribution in [-0.2, 0) is 13.0 Å². The number of hydrogen-bond acceptors (Lipinski definition) is 3. The van der Waals surface area contributed by atoms with Gasteiger partial charge in [0.2, 0.25) is 0 Å². The Morgan fingerprint density at radius 2 is 2.14 bits per heavy atom. The van der Waals surface area contributed by atoms with E-state index in [4.69, 9.17) is 0 Å². The van der Waals surface area contributed by atoms with Crippen molar-refractivity contribution in [3.63, 3.8) is 0 Å². The van der Waals surface area contributed by atoms with Gasteiger partial charge in [-0.15, -0.1) is 0 Å². The second-order valence-corrected chi connectivity index (χ2v) is 5.58. The lowest BCUT2D eigenvalue weighted by atomic mass is 10.2. The molecule has 0 bridgehead atoms. The molecule has 116 valence electrons. The van der Waals surface area contributed by atoms with E-state index in [9.17, 15) is 0 Å². The molecule has 0 saturated carbocycles. The first-order chi connectivity index (χ1) is 10.8. The van der Waals surface area contributed by atoms with E-state index in [1.54, 1.807) is 6.20 Å². The van der Waals surface area contributed by atoms with Crippen molar-refractivity contribution in [3.8, 4) is 11.5 Å². The van der Waals surface area contributed by atoms with Crippen molar-refractivity contribution in [2.45, 2.75) is 45.7 Å². The molecule has 0 aliphatic rings. The first-order valence-electron chi connectivity index (χ1n) is 7.82. The van der Waals surface area contributed by atoms with E-state index in [0.29, 0.717) is 0 Å². The summed E-state index contributed by atoms with van der Waals surface area (Å²) in [7, 11) is 0. The Bertz CT molecular complexity index is 694. The molecule has 3 rings (SSSR count). The average molecular weight is 298 g/mol. The summed E-state index contributed by atoms with van der Waals surface area (Å²) in [5.74, 6) is 1.96. The largest absolute Gasteiger partial charge is 0.339 e. The number of aromatic amines is 1. The smallest absolute Gasteiger partial charge is 0.158 e. The quantitative estimate of drug-likeness (QED) is 0.729. The molecule has 0 spiro atoms. The van der Waals surface area contributed by atoms with E-state index in [-0.39, 0.29) is 6.04 Å². The molecule has 0 aliphatic carbocycles. The van der Waals surface area contributed by atoms with Crippen molar-refractivity contribution in [3.05, 3.63) is 42.9 Å². The van der Waals surface area contributed by atoms with E-state index >= 15 is 0 Å². The number of unbranched alkanes of at least 4 members (excludes halogenated alkanes) is 1. The van der Waals surface area contributed by atoms with Crippen molar-refractivity contribution < 1.29 is 0 Å². The van der Waals surface area contributed by atoms with Crippen LogP contribution in [0.3, 0.4) is 0 Å². The summed E-state index contributed by atoms with van der Waals surface area (Å²) in [5, 5.41) is 4.27. The number of H-pyrrole nitrogens is 1. The standard InChI is InChI=1S/C16H22N6/c1-3-4-6-15-18-11-14(20-15)16-17-8-10-22(16)13(2)12-21-9-5-7-19-21/h5,7-11,13H,3-4,6,12H2,1-2H3,(H,18,20)/t13-/m1/s1. The van der Waals surface area contributed by atoms with Crippen LogP contribution in [0.5, 0.6) is 0 Å². The molecule has 6 heteroatoms. The summed E-state index contributed by atoms with van der Waals surface area (Å²) in [6, 6.07) is 2.20. The third kappa shape index (κ3) is 3.10. The van der Waals surface area contributed by atoms with Crippen LogP contribution in [0.4, 0.5) is 0 Å². The summed E-state index contributed by atoms with van der Waals surface area (Å²) >= 11 is 0. The highest BCUT2D eigenvalue weighted by atomic mass is 15.3. The maximum absolute atomic E-state index is 4.49. The molecule has 3 heterocycles. The SMILES string of the molecule is CCCCc1ncc(-c2nccn2[C@H](C)Cn2cccn2)[nH]1. The fourth-order valence-corrected chi connectivity index (χ4v) is 2.59. The Morgan fingerprint density at radius 1 is 1.23 bits per heavy atom. The topological polar surface area (TPSA) is 64.3 Å². The molecule has 1 N–H and O–H groups in total. The van der Waals surface area contributed by atoms with Gasteiger partial charge in [-0.1, -0.05) is 13.3 Å². The predicted octanol–water partition coefficient (Wildman–Crippen LogP) is 3.07. The van der Waals surface area contributed by atoms with Crippen LogP contribution < -0.4 is 0 Å². The third-order valence-electron chi connectivity index (χ3n) is 3.79. The van der Waals surface area contributed by atoms with E-state index in [2.05, 4.69) is 38.5 Å². The molecule has 0 radical (unpaired) electrons. The predicted molar refractivity (Wildman–Crippen MR) is 85.4 cm³/mol. The number of imidazole rings is 2.